The Morgan fingerprint density at radius 2 is 1.87 bits per heavy atom. The minimum Gasteiger partial charge on any atom is -0.497 e. The van der Waals surface area contributed by atoms with Crippen LogP contribution in [0.25, 0.3) is 0 Å². The van der Waals surface area contributed by atoms with Crippen molar-refractivity contribution in [2.24, 2.45) is 4.99 Å². The second-order valence-electron chi connectivity index (χ2n) is 5.08. The molecule has 2 N–H and O–H groups in total. The number of ether oxygens (including phenoxy) is 1. The van der Waals surface area contributed by atoms with Gasteiger partial charge in [-0.05, 0) is 29.8 Å². The lowest BCUT2D eigenvalue weighted by molar-refractivity contribution is 0.187. The third kappa shape index (κ3) is 3.06. The van der Waals surface area contributed by atoms with Gasteiger partial charge in [0.2, 0.25) is 0 Å². The Morgan fingerprint density at radius 1 is 1.17 bits per heavy atom. The van der Waals surface area contributed by atoms with Crippen LogP contribution in [-0.4, -0.2) is 33.0 Å². The van der Waals surface area contributed by atoms with E-state index in [2.05, 4.69) is 9.71 Å². The third-order valence-corrected chi connectivity index (χ3v) is 4.98. The van der Waals surface area contributed by atoms with E-state index >= 15 is 0 Å². The van der Waals surface area contributed by atoms with Gasteiger partial charge in [-0.2, -0.15) is 0 Å². The number of fused-ring (bicyclic) bond motifs is 1. The number of methoxy groups -OCH3 is 1. The standard InChI is InChI=1S/C16H16N2O4S/c1-22-12-8-6-11(7-9-12)14(19)10-17-16-13-4-2-3-5-15(13)23(20,21)18-16/h2-9,14,19H,10H2,1H3,(H,17,18)/t14-/m0/s1. The van der Waals surface area contributed by atoms with Gasteiger partial charge < -0.3 is 9.84 Å². The Hall–Kier alpha value is -2.38. The van der Waals surface area contributed by atoms with Gasteiger partial charge in [0, 0.05) is 5.56 Å². The molecule has 1 heterocycles. The molecule has 0 unspecified atom stereocenters. The summed E-state index contributed by atoms with van der Waals surface area (Å²) in [5.74, 6) is 0.956. The van der Waals surface area contributed by atoms with Gasteiger partial charge in [0.25, 0.3) is 10.0 Å². The highest BCUT2D eigenvalue weighted by Gasteiger charge is 2.30. The molecule has 1 atom stereocenters. The maximum Gasteiger partial charge on any atom is 0.263 e. The van der Waals surface area contributed by atoms with E-state index in [1.165, 1.54) is 6.07 Å². The molecule has 3 rings (SSSR count). The fraction of sp³-hybridized carbons (Fsp3) is 0.188. The Bertz CT molecular complexity index is 845. The largest absolute Gasteiger partial charge is 0.497 e. The van der Waals surface area contributed by atoms with Crippen LogP contribution in [0.1, 0.15) is 17.2 Å². The van der Waals surface area contributed by atoms with Crippen LogP contribution in [-0.2, 0) is 10.0 Å². The molecule has 0 saturated carbocycles. The first-order valence-electron chi connectivity index (χ1n) is 7.00. The molecule has 2 aromatic carbocycles. The first kappa shape index (κ1) is 15.5. The highest BCUT2D eigenvalue weighted by Crippen LogP contribution is 2.23. The summed E-state index contributed by atoms with van der Waals surface area (Å²) in [6.45, 7) is 0.0541. The van der Waals surface area contributed by atoms with E-state index in [0.29, 0.717) is 16.9 Å². The van der Waals surface area contributed by atoms with E-state index in [9.17, 15) is 13.5 Å². The van der Waals surface area contributed by atoms with Crippen LogP contribution < -0.4 is 9.46 Å². The summed E-state index contributed by atoms with van der Waals surface area (Å²) in [5, 5.41) is 10.2. The van der Waals surface area contributed by atoms with Crippen molar-refractivity contribution in [1.82, 2.24) is 4.72 Å². The predicted molar refractivity (Wildman–Crippen MR) is 86.1 cm³/mol. The molecular weight excluding hydrogens is 316 g/mol. The lowest BCUT2D eigenvalue weighted by Gasteiger charge is -2.09. The molecule has 2 aromatic rings. The molecule has 0 aromatic heterocycles. The van der Waals surface area contributed by atoms with Gasteiger partial charge in [-0.15, -0.1) is 0 Å². The number of rotatable bonds is 4. The second kappa shape index (κ2) is 6.02. The molecule has 0 radical (unpaired) electrons. The van der Waals surface area contributed by atoms with Gasteiger partial charge in [-0.25, -0.2) is 8.42 Å². The van der Waals surface area contributed by atoms with Crippen LogP contribution in [0.2, 0.25) is 0 Å². The SMILES string of the molecule is COc1ccc([C@@H](O)CN=C2NS(=O)(=O)c3ccccc32)cc1. The van der Waals surface area contributed by atoms with Crippen LogP contribution in [0.3, 0.4) is 0 Å². The number of sulfonamides is 1. The average molecular weight is 332 g/mol. The van der Waals surface area contributed by atoms with Gasteiger partial charge >= 0.3 is 0 Å². The van der Waals surface area contributed by atoms with Crippen molar-refractivity contribution >= 4 is 15.9 Å². The van der Waals surface area contributed by atoms with Crippen molar-refractivity contribution in [3.8, 4) is 5.75 Å². The number of amidine groups is 1. The van der Waals surface area contributed by atoms with Gasteiger partial charge in [0.15, 0.2) is 0 Å². The number of nitrogens with one attached hydrogen (secondary N) is 1. The molecule has 6 nitrogen and oxygen atoms in total. The molecule has 0 fully saturated rings. The monoisotopic (exact) mass is 332 g/mol. The van der Waals surface area contributed by atoms with Gasteiger partial charge in [-0.1, -0.05) is 24.3 Å². The van der Waals surface area contributed by atoms with Crippen molar-refractivity contribution in [3.05, 3.63) is 59.7 Å². The number of nitrogens with zero attached hydrogens (tertiary/aromatic N) is 1. The second-order valence-corrected chi connectivity index (χ2v) is 6.73. The number of hydrogen-bond acceptors (Lipinski definition) is 5. The maximum absolute atomic E-state index is 12.0. The lowest BCUT2D eigenvalue weighted by Crippen LogP contribution is -2.23. The fourth-order valence-electron chi connectivity index (χ4n) is 2.36. The van der Waals surface area contributed by atoms with E-state index < -0.39 is 16.1 Å². The lowest BCUT2D eigenvalue weighted by atomic mass is 10.1. The maximum atomic E-state index is 12.0. The van der Waals surface area contributed by atoms with Crippen LogP contribution in [0, 0.1) is 0 Å². The number of aliphatic imine (C=N–C) groups is 1. The van der Waals surface area contributed by atoms with E-state index in [0.717, 1.165) is 0 Å². The summed E-state index contributed by atoms with van der Waals surface area (Å²) < 4.78 is 31.4. The topological polar surface area (TPSA) is 88.0 Å². The van der Waals surface area contributed by atoms with Gasteiger partial charge in [-0.3, -0.25) is 9.71 Å². The van der Waals surface area contributed by atoms with E-state index in [1.807, 2.05) is 0 Å². The highest BCUT2D eigenvalue weighted by atomic mass is 32.2. The zero-order valence-electron chi connectivity index (χ0n) is 12.4. The number of aliphatic hydroxyl groups is 1. The predicted octanol–water partition coefficient (Wildman–Crippen LogP) is 1.47. The quantitative estimate of drug-likeness (QED) is 0.887. The molecule has 7 heteroatoms. The molecular formula is C16H16N2O4S. The first-order chi connectivity index (χ1) is 11.0. The molecule has 0 aliphatic carbocycles. The molecule has 0 bridgehead atoms. The van der Waals surface area contributed by atoms with Crippen LogP contribution in [0.5, 0.6) is 5.75 Å². The zero-order chi connectivity index (χ0) is 16.4. The van der Waals surface area contributed by atoms with Gasteiger partial charge in [0.05, 0.1) is 24.7 Å². The minimum absolute atomic E-state index is 0.0541. The van der Waals surface area contributed by atoms with Crippen molar-refractivity contribution in [3.63, 3.8) is 0 Å². The van der Waals surface area contributed by atoms with E-state index in [4.69, 9.17) is 4.74 Å². The minimum atomic E-state index is -3.56. The molecule has 0 saturated heterocycles. The first-order valence-corrected chi connectivity index (χ1v) is 8.48. The van der Waals surface area contributed by atoms with Crippen molar-refractivity contribution < 1.29 is 18.3 Å². The summed E-state index contributed by atoms with van der Waals surface area (Å²) in [6, 6.07) is 13.6. The summed E-state index contributed by atoms with van der Waals surface area (Å²) in [6.07, 6.45) is -0.828. The summed E-state index contributed by atoms with van der Waals surface area (Å²) >= 11 is 0. The van der Waals surface area contributed by atoms with E-state index in [1.54, 1.807) is 49.6 Å². The van der Waals surface area contributed by atoms with Crippen molar-refractivity contribution in [2.75, 3.05) is 13.7 Å². The Balaban J connectivity index is 1.80. The summed E-state index contributed by atoms with van der Waals surface area (Å²) in [5.41, 5.74) is 1.21. The number of hydrogen-bond donors (Lipinski definition) is 2. The zero-order valence-corrected chi connectivity index (χ0v) is 13.2. The number of benzene rings is 2. The van der Waals surface area contributed by atoms with E-state index in [-0.39, 0.29) is 17.3 Å². The smallest absolute Gasteiger partial charge is 0.263 e. The van der Waals surface area contributed by atoms with Crippen LogP contribution >= 0.6 is 0 Å². The normalized spacial score (nSPS) is 18.3. The molecule has 1 aliphatic heterocycles. The Kier molecular flexibility index (Phi) is 4.06. The Morgan fingerprint density at radius 3 is 2.57 bits per heavy atom. The highest BCUT2D eigenvalue weighted by molar-refractivity contribution is 7.90. The fourth-order valence-corrected chi connectivity index (χ4v) is 3.61. The summed E-state index contributed by atoms with van der Waals surface area (Å²) in [4.78, 5) is 4.43. The Labute approximate surface area is 134 Å². The van der Waals surface area contributed by atoms with Crippen LogP contribution in [0.15, 0.2) is 58.4 Å². The molecule has 0 amide bonds. The molecule has 1 aliphatic rings. The molecule has 0 spiro atoms. The van der Waals surface area contributed by atoms with Crippen molar-refractivity contribution in [2.45, 2.75) is 11.0 Å². The number of aliphatic hydroxyl groups excluding tert-OH is 1. The third-order valence-electron chi connectivity index (χ3n) is 3.59. The van der Waals surface area contributed by atoms with Gasteiger partial charge in [0.1, 0.15) is 11.6 Å². The van der Waals surface area contributed by atoms with Crippen LogP contribution in [0.4, 0.5) is 0 Å². The molecule has 120 valence electrons. The molecule has 23 heavy (non-hydrogen) atoms. The average Bonchev–Trinajstić information content (AvgIpc) is 2.84. The summed E-state index contributed by atoms with van der Waals surface area (Å²) in [7, 11) is -1.98. The van der Waals surface area contributed by atoms with Crippen molar-refractivity contribution in [1.29, 1.82) is 0 Å².